The molecule has 4 rings (SSSR count). The van der Waals surface area contributed by atoms with Crippen LogP contribution in [0, 0.1) is 0 Å². The third-order valence-electron chi connectivity index (χ3n) is 6.30. The molecule has 7 nitrogen and oxygen atoms in total. The normalized spacial score (nSPS) is 20.7. The molecule has 2 aromatic rings. The topological polar surface area (TPSA) is 70.9 Å². The molecule has 1 saturated heterocycles. The molecule has 0 saturated carbocycles. The van der Waals surface area contributed by atoms with Crippen molar-refractivity contribution in [2.75, 3.05) is 24.6 Å². The van der Waals surface area contributed by atoms with E-state index in [0.717, 1.165) is 48.9 Å². The number of hydrogen-bond donors (Lipinski definition) is 2. The van der Waals surface area contributed by atoms with Crippen molar-refractivity contribution in [1.82, 2.24) is 15.2 Å². The predicted octanol–water partition coefficient (Wildman–Crippen LogP) is 4.19. The fourth-order valence-corrected chi connectivity index (χ4v) is 4.25. The number of rotatable bonds is 7. The van der Waals surface area contributed by atoms with Crippen molar-refractivity contribution in [3.8, 4) is 0 Å². The van der Waals surface area contributed by atoms with Gasteiger partial charge in [-0.05, 0) is 45.9 Å². The molecule has 2 aliphatic heterocycles. The number of carbonyl (C=O) groups excluding carboxylic acids is 1. The molecule has 2 atom stereocenters. The summed E-state index contributed by atoms with van der Waals surface area (Å²) >= 11 is 0. The van der Waals surface area contributed by atoms with E-state index in [2.05, 4.69) is 59.7 Å². The van der Waals surface area contributed by atoms with Gasteiger partial charge in [0, 0.05) is 54.9 Å². The highest BCUT2D eigenvalue weighted by atomic mass is 16.5. The number of nitrogens with one attached hydrogen (secondary N) is 2. The highest BCUT2D eigenvalue weighted by Crippen LogP contribution is 2.28. The number of aryl methyl sites for hydroxylation is 1. The number of carbonyl (C=O) groups is 1. The average molecular weight is 462 g/mol. The Bertz CT molecular complexity index is 1110. The first-order chi connectivity index (χ1) is 16.5. The zero-order valence-electron chi connectivity index (χ0n) is 20.5. The zero-order chi connectivity index (χ0) is 24.1. The van der Waals surface area contributed by atoms with Gasteiger partial charge in [0.1, 0.15) is 5.84 Å². The summed E-state index contributed by atoms with van der Waals surface area (Å²) in [7, 11) is 0. The maximum absolute atomic E-state index is 12.4. The van der Waals surface area contributed by atoms with E-state index < -0.39 is 0 Å². The van der Waals surface area contributed by atoms with Crippen LogP contribution in [0.15, 0.2) is 65.6 Å². The first kappa shape index (κ1) is 23.8. The number of aliphatic imine (C=N–C) groups is 1. The molecule has 7 heteroatoms. The van der Waals surface area contributed by atoms with Crippen LogP contribution in [-0.2, 0) is 11.3 Å². The average Bonchev–Trinajstić information content (AvgIpc) is 3.53. The van der Waals surface area contributed by atoms with E-state index in [9.17, 15) is 4.79 Å². The first-order valence-corrected chi connectivity index (χ1v) is 12.1. The summed E-state index contributed by atoms with van der Waals surface area (Å²) in [5.74, 6) is 0.803. The number of aromatic nitrogens is 1. The Labute approximate surface area is 202 Å². The summed E-state index contributed by atoms with van der Waals surface area (Å²) in [6.07, 6.45) is 8.85. The SMILES string of the molecule is C/C=C(/CNC(=O)c1ccn(CC)c1)NC1=NC(c2cccc(N3C[C@@H](C)OC[C@@H]3C)c2)=CC1. The van der Waals surface area contributed by atoms with Crippen LogP contribution in [0.25, 0.3) is 5.70 Å². The molecule has 0 bridgehead atoms. The van der Waals surface area contributed by atoms with Gasteiger partial charge in [0.25, 0.3) is 5.91 Å². The lowest BCUT2D eigenvalue weighted by atomic mass is 10.1. The number of benzene rings is 1. The summed E-state index contributed by atoms with van der Waals surface area (Å²) in [5, 5.41) is 6.38. The molecule has 3 heterocycles. The number of ether oxygens (including phenoxy) is 1. The molecule has 2 N–H and O–H groups in total. The van der Waals surface area contributed by atoms with Crippen LogP contribution in [-0.4, -0.2) is 48.2 Å². The van der Waals surface area contributed by atoms with E-state index in [-0.39, 0.29) is 12.0 Å². The van der Waals surface area contributed by atoms with Gasteiger partial charge < -0.3 is 24.8 Å². The Morgan fingerprint density at radius 1 is 1.29 bits per heavy atom. The fraction of sp³-hybridized carbons (Fsp3) is 0.407. The molecule has 1 fully saturated rings. The molecule has 1 aromatic heterocycles. The van der Waals surface area contributed by atoms with E-state index in [1.54, 1.807) is 0 Å². The maximum atomic E-state index is 12.4. The van der Waals surface area contributed by atoms with E-state index in [1.807, 2.05) is 43.0 Å². The summed E-state index contributed by atoms with van der Waals surface area (Å²) in [6.45, 7) is 11.2. The Morgan fingerprint density at radius 2 is 2.15 bits per heavy atom. The number of amides is 1. The van der Waals surface area contributed by atoms with Crippen LogP contribution in [0.1, 0.15) is 50.0 Å². The van der Waals surface area contributed by atoms with Crippen molar-refractivity contribution in [2.24, 2.45) is 4.99 Å². The summed E-state index contributed by atoms with van der Waals surface area (Å²) in [6, 6.07) is 10.8. The molecule has 0 aliphatic carbocycles. The number of amidine groups is 1. The molecule has 0 radical (unpaired) electrons. The Kier molecular flexibility index (Phi) is 7.53. The largest absolute Gasteiger partial charge is 0.375 e. The highest BCUT2D eigenvalue weighted by molar-refractivity contribution is 5.96. The Hall–Kier alpha value is -3.32. The van der Waals surface area contributed by atoms with Crippen molar-refractivity contribution in [2.45, 2.75) is 52.8 Å². The predicted molar refractivity (Wildman–Crippen MR) is 138 cm³/mol. The lowest BCUT2D eigenvalue weighted by Gasteiger charge is -2.38. The number of morpholine rings is 1. The molecule has 0 spiro atoms. The van der Waals surface area contributed by atoms with Crippen LogP contribution >= 0.6 is 0 Å². The van der Waals surface area contributed by atoms with Crippen LogP contribution in [0.3, 0.4) is 0 Å². The van der Waals surface area contributed by atoms with Crippen LogP contribution in [0.4, 0.5) is 5.69 Å². The van der Waals surface area contributed by atoms with Crippen molar-refractivity contribution in [1.29, 1.82) is 0 Å². The summed E-state index contributed by atoms with van der Waals surface area (Å²) in [5.41, 5.74) is 4.87. The molecule has 0 unspecified atom stereocenters. The molecule has 180 valence electrons. The van der Waals surface area contributed by atoms with Gasteiger partial charge in [-0.15, -0.1) is 0 Å². The zero-order valence-corrected chi connectivity index (χ0v) is 20.5. The first-order valence-electron chi connectivity index (χ1n) is 12.1. The van der Waals surface area contributed by atoms with Gasteiger partial charge in [-0.3, -0.25) is 4.79 Å². The van der Waals surface area contributed by atoms with E-state index in [1.165, 1.54) is 5.69 Å². The molecule has 1 aromatic carbocycles. The maximum Gasteiger partial charge on any atom is 0.253 e. The van der Waals surface area contributed by atoms with Gasteiger partial charge in [0.2, 0.25) is 0 Å². The monoisotopic (exact) mass is 461 g/mol. The lowest BCUT2D eigenvalue weighted by molar-refractivity contribution is 0.0344. The fourth-order valence-electron chi connectivity index (χ4n) is 4.25. The van der Waals surface area contributed by atoms with Crippen LogP contribution in [0.5, 0.6) is 0 Å². The van der Waals surface area contributed by atoms with Crippen molar-refractivity contribution in [3.05, 3.63) is 71.7 Å². The van der Waals surface area contributed by atoms with Gasteiger partial charge >= 0.3 is 0 Å². The molecular weight excluding hydrogens is 426 g/mol. The second-order valence-electron chi connectivity index (χ2n) is 8.90. The van der Waals surface area contributed by atoms with Crippen LogP contribution < -0.4 is 15.5 Å². The number of hydrogen-bond acceptors (Lipinski definition) is 5. The number of nitrogens with zero attached hydrogens (tertiary/aromatic N) is 3. The minimum Gasteiger partial charge on any atom is -0.375 e. The molecule has 34 heavy (non-hydrogen) atoms. The van der Waals surface area contributed by atoms with Crippen molar-refractivity contribution < 1.29 is 9.53 Å². The molecule has 2 aliphatic rings. The smallest absolute Gasteiger partial charge is 0.253 e. The Morgan fingerprint density at radius 3 is 2.91 bits per heavy atom. The standard InChI is InChI=1S/C27H35N5O2/c1-5-23(15-28-27(33)22-12-13-31(6-2)17-22)29-26-11-10-25(30-26)21-8-7-9-24(14-21)32-16-20(4)34-18-19(32)3/h5,7-10,12-14,17,19-20H,6,11,15-16,18H2,1-4H3,(H,28,33)(H,29,30)/b23-5-/t19-,20+/m0/s1. The third kappa shape index (κ3) is 5.59. The summed E-state index contributed by atoms with van der Waals surface area (Å²) in [4.78, 5) is 19.7. The Balaban J connectivity index is 1.37. The second-order valence-corrected chi connectivity index (χ2v) is 8.90. The van der Waals surface area contributed by atoms with Crippen LogP contribution in [0.2, 0.25) is 0 Å². The quantitative estimate of drug-likeness (QED) is 0.649. The minimum atomic E-state index is -0.0796. The number of anilines is 1. The van der Waals surface area contributed by atoms with Crippen molar-refractivity contribution >= 4 is 23.1 Å². The van der Waals surface area contributed by atoms with Crippen molar-refractivity contribution in [3.63, 3.8) is 0 Å². The number of allylic oxidation sites excluding steroid dienone is 1. The minimum absolute atomic E-state index is 0.0796. The second kappa shape index (κ2) is 10.7. The third-order valence-corrected chi connectivity index (χ3v) is 6.30. The lowest BCUT2D eigenvalue weighted by Crippen LogP contribution is -2.47. The molecular formula is C27H35N5O2. The van der Waals surface area contributed by atoms with Gasteiger partial charge in [-0.25, -0.2) is 4.99 Å². The highest BCUT2D eigenvalue weighted by Gasteiger charge is 2.24. The van der Waals surface area contributed by atoms with Gasteiger partial charge in [0.05, 0.1) is 30.5 Å². The van der Waals surface area contributed by atoms with Gasteiger partial charge in [0.15, 0.2) is 0 Å². The van der Waals surface area contributed by atoms with Gasteiger partial charge in [-0.2, -0.15) is 0 Å². The van der Waals surface area contributed by atoms with E-state index >= 15 is 0 Å². The van der Waals surface area contributed by atoms with Gasteiger partial charge in [-0.1, -0.05) is 24.3 Å². The molecule has 1 amide bonds. The summed E-state index contributed by atoms with van der Waals surface area (Å²) < 4.78 is 7.77. The van der Waals surface area contributed by atoms with E-state index in [4.69, 9.17) is 9.73 Å². The van der Waals surface area contributed by atoms with E-state index in [0.29, 0.717) is 18.2 Å².